The van der Waals surface area contributed by atoms with Crippen molar-refractivity contribution in [3.05, 3.63) is 64.9 Å². The van der Waals surface area contributed by atoms with Crippen molar-refractivity contribution in [1.29, 1.82) is 0 Å². The van der Waals surface area contributed by atoms with Crippen LogP contribution in [0.3, 0.4) is 0 Å². The fourth-order valence-electron chi connectivity index (χ4n) is 5.54. The molecule has 5 rings (SSSR count). The number of aromatic nitrogens is 1. The number of nitrogens with one attached hydrogen (secondary N) is 1. The first-order valence-electron chi connectivity index (χ1n) is 13.0. The molecule has 0 aliphatic carbocycles. The number of benzene rings is 2. The Bertz CT molecular complexity index is 1350. The SMILES string of the molecule is C[C@@H]1Cc2c([nH]c3ccccc23)[C@@H](c2c(F)ccc(OCCN(CCCF)C(=O)O)c2F)N1CC1(F)COC1. The zero-order chi connectivity index (χ0) is 27.7. The molecule has 2 aromatic carbocycles. The molecule has 0 unspecified atom stereocenters. The van der Waals surface area contributed by atoms with E-state index in [0.29, 0.717) is 12.1 Å². The Labute approximate surface area is 223 Å². The van der Waals surface area contributed by atoms with Gasteiger partial charge < -0.3 is 24.5 Å². The maximum Gasteiger partial charge on any atom is 0.407 e. The lowest BCUT2D eigenvalue weighted by molar-refractivity contribution is -0.148. The quantitative estimate of drug-likeness (QED) is 0.339. The molecule has 0 saturated carbocycles. The number of carbonyl (C=O) groups is 1. The molecule has 7 nitrogen and oxygen atoms in total. The van der Waals surface area contributed by atoms with Crippen molar-refractivity contribution < 1.29 is 36.9 Å². The summed E-state index contributed by atoms with van der Waals surface area (Å²) in [5.41, 5.74) is 0.433. The number of hydrogen-bond donors (Lipinski definition) is 2. The molecule has 3 aromatic rings. The number of alkyl halides is 2. The van der Waals surface area contributed by atoms with Gasteiger partial charge in [0.05, 0.1) is 38.0 Å². The van der Waals surface area contributed by atoms with Crippen LogP contribution in [0.15, 0.2) is 36.4 Å². The minimum absolute atomic E-state index is 0.0286. The van der Waals surface area contributed by atoms with Gasteiger partial charge in [-0.25, -0.2) is 18.0 Å². The first kappa shape index (κ1) is 27.3. The van der Waals surface area contributed by atoms with Crippen LogP contribution in [-0.2, 0) is 11.2 Å². The molecule has 0 radical (unpaired) electrons. The largest absolute Gasteiger partial charge is 0.489 e. The molecular formula is C28H31F4N3O4. The first-order valence-corrected chi connectivity index (χ1v) is 13.0. The molecule has 11 heteroatoms. The number of halogens is 4. The summed E-state index contributed by atoms with van der Waals surface area (Å²) in [7, 11) is 0. The number of fused-ring (bicyclic) bond motifs is 3. The van der Waals surface area contributed by atoms with Gasteiger partial charge in [0.1, 0.15) is 12.4 Å². The highest BCUT2D eigenvalue weighted by Crippen LogP contribution is 2.45. The number of nitrogens with zero attached hydrogens (tertiary/aromatic N) is 2. The van der Waals surface area contributed by atoms with Gasteiger partial charge in [-0.05, 0) is 43.5 Å². The van der Waals surface area contributed by atoms with E-state index in [1.807, 2.05) is 31.2 Å². The molecule has 210 valence electrons. The summed E-state index contributed by atoms with van der Waals surface area (Å²) in [4.78, 5) is 17.5. The van der Waals surface area contributed by atoms with Crippen molar-refractivity contribution in [1.82, 2.24) is 14.8 Å². The fourth-order valence-corrected chi connectivity index (χ4v) is 5.54. The molecule has 3 heterocycles. The van der Waals surface area contributed by atoms with Crippen LogP contribution in [0.25, 0.3) is 10.9 Å². The summed E-state index contributed by atoms with van der Waals surface area (Å²) in [6.45, 7) is 0.642. The second kappa shape index (κ2) is 11.1. The van der Waals surface area contributed by atoms with Gasteiger partial charge >= 0.3 is 6.09 Å². The number of rotatable bonds is 10. The minimum Gasteiger partial charge on any atom is -0.489 e. The average Bonchev–Trinajstić information content (AvgIpc) is 3.25. The Kier molecular flexibility index (Phi) is 7.73. The number of amides is 1. The third-order valence-electron chi connectivity index (χ3n) is 7.52. The lowest BCUT2D eigenvalue weighted by atomic mass is 9.86. The van der Waals surface area contributed by atoms with E-state index in [2.05, 4.69) is 4.98 Å². The lowest BCUT2D eigenvalue weighted by Gasteiger charge is -2.46. The number of para-hydroxylation sites is 1. The van der Waals surface area contributed by atoms with Crippen LogP contribution < -0.4 is 4.74 Å². The molecule has 2 N–H and O–H groups in total. The molecule has 1 amide bonds. The van der Waals surface area contributed by atoms with Gasteiger partial charge in [-0.2, -0.15) is 0 Å². The fraction of sp³-hybridized carbons (Fsp3) is 0.464. The van der Waals surface area contributed by atoms with Gasteiger partial charge in [0, 0.05) is 35.7 Å². The maximum absolute atomic E-state index is 16.1. The summed E-state index contributed by atoms with van der Waals surface area (Å²) in [5, 5.41) is 10.2. The Hall–Kier alpha value is -3.31. The predicted molar refractivity (Wildman–Crippen MR) is 137 cm³/mol. The number of ether oxygens (including phenoxy) is 2. The van der Waals surface area contributed by atoms with Gasteiger partial charge in [-0.15, -0.1) is 0 Å². The average molecular weight is 550 g/mol. The second-order valence-corrected chi connectivity index (χ2v) is 10.3. The van der Waals surface area contributed by atoms with E-state index < -0.39 is 36.1 Å². The Morgan fingerprint density at radius 2 is 2.00 bits per heavy atom. The van der Waals surface area contributed by atoms with E-state index in [1.165, 1.54) is 0 Å². The van der Waals surface area contributed by atoms with Crippen molar-refractivity contribution in [2.24, 2.45) is 0 Å². The van der Waals surface area contributed by atoms with Crippen molar-refractivity contribution in [3.8, 4) is 5.75 Å². The second-order valence-electron chi connectivity index (χ2n) is 10.3. The normalized spacial score (nSPS) is 20.4. The Balaban J connectivity index is 1.51. The summed E-state index contributed by atoms with van der Waals surface area (Å²) in [5.74, 6) is -1.99. The van der Waals surface area contributed by atoms with Gasteiger partial charge in [-0.1, -0.05) is 18.2 Å². The highest BCUT2D eigenvalue weighted by Gasteiger charge is 2.47. The molecule has 39 heavy (non-hydrogen) atoms. The highest BCUT2D eigenvalue weighted by molar-refractivity contribution is 5.85. The van der Waals surface area contributed by atoms with Crippen LogP contribution in [0, 0.1) is 11.6 Å². The highest BCUT2D eigenvalue weighted by atomic mass is 19.1. The molecule has 0 spiro atoms. The van der Waals surface area contributed by atoms with Crippen LogP contribution in [0.4, 0.5) is 22.4 Å². The zero-order valence-electron chi connectivity index (χ0n) is 21.6. The summed E-state index contributed by atoms with van der Waals surface area (Å²) < 4.78 is 70.1. The maximum atomic E-state index is 16.1. The van der Waals surface area contributed by atoms with Gasteiger partial charge in [0.25, 0.3) is 0 Å². The van der Waals surface area contributed by atoms with Crippen LogP contribution in [-0.4, -0.2) is 83.8 Å². The molecule has 1 fully saturated rings. The van der Waals surface area contributed by atoms with Crippen molar-refractivity contribution in [2.75, 3.05) is 46.1 Å². The first-order chi connectivity index (χ1) is 18.7. The van der Waals surface area contributed by atoms with E-state index >= 15 is 13.2 Å². The molecule has 1 saturated heterocycles. The number of H-pyrrole nitrogens is 1. The Morgan fingerprint density at radius 1 is 1.23 bits per heavy atom. The number of aromatic amines is 1. The van der Waals surface area contributed by atoms with E-state index in [9.17, 15) is 14.3 Å². The van der Waals surface area contributed by atoms with Crippen molar-refractivity contribution >= 4 is 17.0 Å². The van der Waals surface area contributed by atoms with Gasteiger partial charge in [-0.3, -0.25) is 9.29 Å². The predicted octanol–water partition coefficient (Wildman–Crippen LogP) is 5.24. The summed E-state index contributed by atoms with van der Waals surface area (Å²) in [6.07, 6.45) is -0.646. The molecule has 1 aromatic heterocycles. The van der Waals surface area contributed by atoms with Crippen LogP contribution >= 0.6 is 0 Å². The van der Waals surface area contributed by atoms with E-state index in [4.69, 9.17) is 9.47 Å². The van der Waals surface area contributed by atoms with E-state index in [1.54, 1.807) is 4.90 Å². The minimum atomic E-state index is -1.63. The Morgan fingerprint density at radius 3 is 2.69 bits per heavy atom. The summed E-state index contributed by atoms with van der Waals surface area (Å²) >= 11 is 0. The van der Waals surface area contributed by atoms with E-state index in [0.717, 1.165) is 33.5 Å². The van der Waals surface area contributed by atoms with Gasteiger partial charge in [0.2, 0.25) is 0 Å². The molecular weight excluding hydrogens is 518 g/mol. The van der Waals surface area contributed by atoms with Crippen molar-refractivity contribution in [3.63, 3.8) is 0 Å². The standard InChI is InChI=1S/C28H31F4N3O4/c1-17-13-19-18-5-2-3-6-21(18)33-25(19)26(35(17)14-28(32)15-38-16-28)23-20(30)7-8-22(24(23)31)39-12-11-34(27(36)37)10-4-9-29/h2-3,5-8,17,26,33H,4,9-16H2,1H3,(H,36,37)/t17-,26-/m1/s1. The van der Waals surface area contributed by atoms with Gasteiger partial charge in [0.15, 0.2) is 17.2 Å². The van der Waals surface area contributed by atoms with Crippen LogP contribution in [0.5, 0.6) is 5.75 Å². The smallest absolute Gasteiger partial charge is 0.407 e. The molecule has 2 aliphatic heterocycles. The summed E-state index contributed by atoms with van der Waals surface area (Å²) in [6, 6.07) is 8.65. The lowest BCUT2D eigenvalue weighted by Crippen LogP contribution is -2.57. The third kappa shape index (κ3) is 5.29. The van der Waals surface area contributed by atoms with Crippen molar-refractivity contribution in [2.45, 2.75) is 37.5 Å². The molecule has 2 aliphatic rings. The number of carboxylic acid groups (broad SMARTS) is 1. The van der Waals surface area contributed by atoms with Crippen LogP contribution in [0.1, 0.15) is 36.2 Å². The van der Waals surface area contributed by atoms with E-state index in [-0.39, 0.29) is 63.2 Å². The third-order valence-corrected chi connectivity index (χ3v) is 7.52. The zero-order valence-corrected chi connectivity index (χ0v) is 21.6. The molecule has 2 atom stereocenters. The monoisotopic (exact) mass is 549 g/mol. The van der Waals surface area contributed by atoms with Crippen LogP contribution in [0.2, 0.25) is 0 Å². The molecule has 0 bridgehead atoms. The number of hydrogen-bond acceptors (Lipinski definition) is 4. The topological polar surface area (TPSA) is 78.0 Å².